The minimum Gasteiger partial charge on any atom is -0.494 e. The lowest BCUT2D eigenvalue weighted by molar-refractivity contribution is 0.0967. The van der Waals surface area contributed by atoms with Gasteiger partial charge in [0.05, 0.1) is 29.9 Å². The largest absolute Gasteiger partial charge is 0.494 e. The van der Waals surface area contributed by atoms with Crippen LogP contribution in [0.4, 0.5) is 28.6 Å². The summed E-state index contributed by atoms with van der Waals surface area (Å²) in [7, 11) is 9.96. The van der Waals surface area contributed by atoms with Crippen molar-refractivity contribution < 1.29 is 4.74 Å². The van der Waals surface area contributed by atoms with E-state index in [4.69, 9.17) is 10.1 Å². The molecule has 2 aliphatic rings. The van der Waals surface area contributed by atoms with Gasteiger partial charge in [0, 0.05) is 81.5 Å². The van der Waals surface area contributed by atoms with Gasteiger partial charge in [0.1, 0.15) is 17.9 Å². The Morgan fingerprint density at radius 1 is 0.929 bits per heavy atom. The molecule has 2 fully saturated rings. The average Bonchev–Trinajstić information content (AvgIpc) is 3.04. The maximum Gasteiger partial charge on any atom is 0.144 e. The molecule has 2 saturated heterocycles. The highest BCUT2D eigenvalue weighted by molar-refractivity contribution is 5.88. The van der Waals surface area contributed by atoms with E-state index >= 15 is 0 Å². The SMILES string of the molecule is CNc1ccc(-c2cc(Nc3cc(NC)c(N(C)C4CCN(C5CCN(C)CC5)CC4)cc3OC)ncn2)cc1C=N. The second kappa shape index (κ2) is 13.4. The third-order valence-electron chi connectivity index (χ3n) is 8.92. The molecule has 0 spiro atoms. The highest BCUT2D eigenvalue weighted by atomic mass is 16.5. The van der Waals surface area contributed by atoms with Crippen LogP contribution in [0.25, 0.3) is 11.3 Å². The standard InChI is InChI=1S/C32H45N9O/c1-34-26-7-6-22(16-23(26)20-33)27-18-32(37-21-36-27)38-29-17-28(35-2)30(19-31(29)42-5)40(4)24-10-14-41(15-11-24)25-8-12-39(3)13-9-25/h6-7,16-21,24-25,33-35H,8-15H2,1-5H3,(H,36,37,38). The zero-order valence-electron chi connectivity index (χ0n) is 25.6. The summed E-state index contributed by atoms with van der Waals surface area (Å²) in [5, 5.41) is 17.7. The summed E-state index contributed by atoms with van der Waals surface area (Å²) in [6.07, 6.45) is 7.79. The molecule has 2 aliphatic heterocycles. The topological polar surface area (TPSA) is 105 Å². The van der Waals surface area contributed by atoms with Gasteiger partial charge in [0.15, 0.2) is 0 Å². The Hall–Kier alpha value is -3.89. The quantitative estimate of drug-likeness (QED) is 0.251. The third kappa shape index (κ3) is 6.44. The first kappa shape index (κ1) is 29.6. The van der Waals surface area contributed by atoms with Gasteiger partial charge in [0.25, 0.3) is 0 Å². The molecule has 0 radical (unpaired) electrons. The van der Waals surface area contributed by atoms with Crippen molar-refractivity contribution in [3.05, 3.63) is 48.3 Å². The van der Waals surface area contributed by atoms with E-state index in [9.17, 15) is 0 Å². The second-order valence-corrected chi connectivity index (χ2v) is 11.3. The fourth-order valence-electron chi connectivity index (χ4n) is 6.31. The summed E-state index contributed by atoms with van der Waals surface area (Å²) in [5.41, 5.74) is 6.38. The number of anilines is 5. The van der Waals surface area contributed by atoms with Crippen LogP contribution in [0.2, 0.25) is 0 Å². The van der Waals surface area contributed by atoms with Crippen LogP contribution in [0.5, 0.6) is 5.75 Å². The molecule has 10 nitrogen and oxygen atoms in total. The second-order valence-electron chi connectivity index (χ2n) is 11.3. The molecule has 0 atom stereocenters. The van der Waals surface area contributed by atoms with E-state index < -0.39 is 0 Å². The van der Waals surface area contributed by atoms with Gasteiger partial charge in [-0.3, -0.25) is 0 Å². The van der Waals surface area contributed by atoms with Crippen molar-refractivity contribution in [1.29, 1.82) is 5.41 Å². The molecule has 0 unspecified atom stereocenters. The molecule has 1 aromatic heterocycles. The summed E-state index contributed by atoms with van der Waals surface area (Å²) in [6, 6.07) is 13.2. The molecule has 0 saturated carbocycles. The lowest BCUT2D eigenvalue weighted by atomic mass is 9.97. The van der Waals surface area contributed by atoms with Crippen molar-refractivity contribution in [3.8, 4) is 17.0 Å². The normalized spacial score (nSPS) is 17.1. The minimum absolute atomic E-state index is 0.479. The molecule has 0 amide bonds. The number of aromatic nitrogens is 2. The Labute approximate surface area is 250 Å². The smallest absolute Gasteiger partial charge is 0.144 e. The van der Waals surface area contributed by atoms with Crippen LogP contribution in [-0.4, -0.2) is 99.5 Å². The zero-order valence-corrected chi connectivity index (χ0v) is 25.6. The van der Waals surface area contributed by atoms with Crippen LogP contribution in [0.3, 0.4) is 0 Å². The lowest BCUT2D eigenvalue weighted by Crippen LogP contribution is -2.50. The zero-order chi connectivity index (χ0) is 29.6. The first-order valence-corrected chi connectivity index (χ1v) is 14.9. The van der Waals surface area contributed by atoms with Crippen molar-refractivity contribution in [1.82, 2.24) is 19.8 Å². The number of rotatable bonds is 10. The first-order valence-electron chi connectivity index (χ1n) is 14.9. The Kier molecular flexibility index (Phi) is 9.44. The summed E-state index contributed by atoms with van der Waals surface area (Å²) in [6.45, 7) is 4.73. The number of hydrogen-bond acceptors (Lipinski definition) is 10. The van der Waals surface area contributed by atoms with E-state index in [0.29, 0.717) is 11.9 Å². The van der Waals surface area contributed by atoms with Crippen molar-refractivity contribution in [3.63, 3.8) is 0 Å². The number of hydrogen-bond donors (Lipinski definition) is 4. The molecular formula is C32H45N9O. The first-order chi connectivity index (χ1) is 20.4. The van der Waals surface area contributed by atoms with Gasteiger partial charge in [-0.2, -0.15) is 0 Å². The van der Waals surface area contributed by atoms with Gasteiger partial charge in [0.2, 0.25) is 0 Å². The van der Waals surface area contributed by atoms with Crippen LogP contribution in [0.1, 0.15) is 31.2 Å². The van der Waals surface area contributed by atoms with Gasteiger partial charge < -0.3 is 40.8 Å². The van der Waals surface area contributed by atoms with E-state index in [0.717, 1.165) is 77.3 Å². The number of ether oxygens (including phenoxy) is 1. The van der Waals surface area contributed by atoms with E-state index in [1.165, 1.54) is 32.1 Å². The van der Waals surface area contributed by atoms with Gasteiger partial charge in [-0.1, -0.05) is 6.07 Å². The monoisotopic (exact) mass is 571 g/mol. The highest BCUT2D eigenvalue weighted by Crippen LogP contribution is 2.39. The predicted molar refractivity (Wildman–Crippen MR) is 174 cm³/mol. The van der Waals surface area contributed by atoms with E-state index in [2.05, 4.69) is 66.8 Å². The molecule has 3 aromatic rings. The van der Waals surface area contributed by atoms with Crippen molar-refractivity contribution >= 4 is 34.8 Å². The lowest BCUT2D eigenvalue weighted by Gasteiger charge is -2.43. The Balaban J connectivity index is 1.31. The van der Waals surface area contributed by atoms with E-state index in [1.807, 2.05) is 38.4 Å². The number of nitrogens with one attached hydrogen (secondary N) is 4. The number of likely N-dealkylation sites (tertiary alicyclic amines) is 2. The number of methoxy groups -OCH3 is 1. The van der Waals surface area contributed by atoms with Gasteiger partial charge >= 0.3 is 0 Å². The molecule has 0 aliphatic carbocycles. The van der Waals surface area contributed by atoms with Gasteiger partial charge in [-0.05, 0) is 64.0 Å². The third-order valence-corrected chi connectivity index (χ3v) is 8.92. The van der Waals surface area contributed by atoms with Crippen molar-refractivity contribution in [2.75, 3.05) is 82.3 Å². The number of benzene rings is 2. The maximum absolute atomic E-state index is 7.75. The predicted octanol–water partition coefficient (Wildman–Crippen LogP) is 4.97. The summed E-state index contributed by atoms with van der Waals surface area (Å²) in [5.74, 6) is 1.42. The van der Waals surface area contributed by atoms with Crippen LogP contribution in [0.15, 0.2) is 42.7 Å². The fourth-order valence-corrected chi connectivity index (χ4v) is 6.31. The molecule has 42 heavy (non-hydrogen) atoms. The molecule has 3 heterocycles. The minimum atomic E-state index is 0.479. The van der Waals surface area contributed by atoms with Gasteiger partial charge in [-0.25, -0.2) is 9.97 Å². The summed E-state index contributed by atoms with van der Waals surface area (Å²) >= 11 is 0. The van der Waals surface area contributed by atoms with Gasteiger partial charge in [-0.15, -0.1) is 0 Å². The molecule has 4 N–H and O–H groups in total. The molecule has 224 valence electrons. The fraction of sp³-hybridized carbons (Fsp3) is 0.469. The molecule has 5 rings (SSSR count). The molecular weight excluding hydrogens is 526 g/mol. The Bertz CT molecular complexity index is 1360. The van der Waals surface area contributed by atoms with Crippen LogP contribution in [-0.2, 0) is 0 Å². The Morgan fingerprint density at radius 3 is 2.33 bits per heavy atom. The number of nitrogens with zero attached hydrogens (tertiary/aromatic N) is 5. The van der Waals surface area contributed by atoms with E-state index in [-0.39, 0.29) is 0 Å². The molecule has 0 bridgehead atoms. The maximum atomic E-state index is 7.75. The Morgan fingerprint density at radius 2 is 1.67 bits per heavy atom. The van der Waals surface area contributed by atoms with Crippen molar-refractivity contribution in [2.24, 2.45) is 0 Å². The summed E-state index contributed by atoms with van der Waals surface area (Å²) in [4.78, 5) is 16.5. The van der Waals surface area contributed by atoms with Crippen LogP contribution >= 0.6 is 0 Å². The highest BCUT2D eigenvalue weighted by Gasteiger charge is 2.30. The van der Waals surface area contributed by atoms with E-state index in [1.54, 1.807) is 13.4 Å². The van der Waals surface area contributed by atoms with Crippen molar-refractivity contribution in [2.45, 2.75) is 37.8 Å². The van der Waals surface area contributed by atoms with Crippen LogP contribution in [0, 0.1) is 5.41 Å². The van der Waals surface area contributed by atoms with Crippen LogP contribution < -0.4 is 25.6 Å². The molecule has 2 aromatic carbocycles. The summed E-state index contributed by atoms with van der Waals surface area (Å²) < 4.78 is 5.87. The average molecular weight is 572 g/mol. The molecule has 10 heteroatoms. The number of piperidine rings is 2.